The first kappa shape index (κ1) is 9.48. The molecule has 0 atom stereocenters. The lowest BCUT2D eigenvalue weighted by atomic mass is 10.2. The predicted molar refractivity (Wildman–Crippen MR) is 45.2 cm³/mol. The van der Waals surface area contributed by atoms with Crippen LogP contribution in [0.2, 0.25) is 0 Å². The van der Waals surface area contributed by atoms with Crippen molar-refractivity contribution >= 4 is 5.91 Å². The van der Waals surface area contributed by atoms with Crippen LogP contribution in [0.3, 0.4) is 0 Å². The van der Waals surface area contributed by atoms with Crippen LogP contribution in [0.4, 0.5) is 0 Å². The average Bonchev–Trinajstić information content (AvgIpc) is 2.32. The molecule has 1 fully saturated rings. The summed E-state index contributed by atoms with van der Waals surface area (Å²) in [4.78, 5) is 17.4. The molecule has 0 unspecified atom stereocenters. The van der Waals surface area contributed by atoms with E-state index in [0.717, 1.165) is 25.9 Å². The lowest BCUT2D eigenvalue weighted by molar-refractivity contribution is -0.136. The van der Waals surface area contributed by atoms with Gasteiger partial charge in [0.2, 0.25) is 0 Å². The van der Waals surface area contributed by atoms with Crippen molar-refractivity contribution in [2.75, 3.05) is 19.7 Å². The van der Waals surface area contributed by atoms with Crippen LogP contribution >= 0.6 is 0 Å². The maximum atomic E-state index is 11.3. The Bertz CT molecular complexity index is 142. The zero-order chi connectivity index (χ0) is 8.81. The molecule has 0 aromatic rings. The number of hydrogen-bond acceptors (Lipinski definition) is 3. The minimum Gasteiger partial charge on any atom is -0.341 e. The van der Waals surface area contributed by atoms with Crippen molar-refractivity contribution in [2.45, 2.75) is 25.7 Å². The highest BCUT2D eigenvalue weighted by Crippen LogP contribution is 2.09. The van der Waals surface area contributed by atoms with Gasteiger partial charge in [-0.1, -0.05) is 12.8 Å². The minimum absolute atomic E-state index is 0.0133. The van der Waals surface area contributed by atoms with Crippen molar-refractivity contribution in [1.29, 1.82) is 0 Å². The SMILES string of the molecule is NOCC(=O)N1CCCCCC1. The predicted octanol–water partition coefficient (Wildman–Crippen LogP) is 0.279. The Hall–Kier alpha value is -0.610. The van der Waals surface area contributed by atoms with Crippen LogP contribution in [0, 0.1) is 0 Å². The number of nitrogens with two attached hydrogens (primary N) is 1. The van der Waals surface area contributed by atoms with E-state index >= 15 is 0 Å². The first-order chi connectivity index (χ1) is 5.84. The van der Waals surface area contributed by atoms with E-state index < -0.39 is 0 Å². The Labute approximate surface area is 72.6 Å². The molecule has 0 aromatic heterocycles. The third kappa shape index (κ3) is 2.79. The molecule has 4 heteroatoms. The van der Waals surface area contributed by atoms with E-state index in [0.29, 0.717) is 0 Å². The summed E-state index contributed by atoms with van der Waals surface area (Å²) in [5.74, 6) is 4.84. The molecule has 0 saturated carbocycles. The minimum atomic E-state index is 0.0133. The van der Waals surface area contributed by atoms with Crippen LogP contribution in [0.25, 0.3) is 0 Å². The van der Waals surface area contributed by atoms with Gasteiger partial charge in [-0.3, -0.25) is 9.63 Å². The Morgan fingerprint density at radius 3 is 2.33 bits per heavy atom. The van der Waals surface area contributed by atoms with E-state index in [-0.39, 0.29) is 12.5 Å². The number of rotatable bonds is 2. The van der Waals surface area contributed by atoms with Crippen molar-refractivity contribution in [3.63, 3.8) is 0 Å². The molecule has 2 N–H and O–H groups in total. The van der Waals surface area contributed by atoms with Gasteiger partial charge in [-0.05, 0) is 12.8 Å². The number of carbonyl (C=O) groups excluding carboxylic acids is 1. The van der Waals surface area contributed by atoms with Crippen molar-refractivity contribution in [3.8, 4) is 0 Å². The summed E-state index contributed by atoms with van der Waals surface area (Å²) in [6.07, 6.45) is 4.67. The normalized spacial score (nSPS) is 18.9. The molecule has 12 heavy (non-hydrogen) atoms. The molecule has 70 valence electrons. The van der Waals surface area contributed by atoms with Gasteiger partial charge in [0.05, 0.1) is 0 Å². The fourth-order valence-electron chi connectivity index (χ4n) is 1.48. The molecule has 0 bridgehead atoms. The van der Waals surface area contributed by atoms with Gasteiger partial charge in [-0.25, -0.2) is 5.90 Å². The molecule has 0 radical (unpaired) electrons. The lowest BCUT2D eigenvalue weighted by Crippen LogP contribution is -2.35. The fourth-order valence-corrected chi connectivity index (χ4v) is 1.48. The summed E-state index contributed by atoms with van der Waals surface area (Å²) in [7, 11) is 0. The number of likely N-dealkylation sites (tertiary alicyclic amines) is 1. The third-order valence-corrected chi connectivity index (χ3v) is 2.17. The number of amides is 1. The summed E-state index contributed by atoms with van der Waals surface area (Å²) >= 11 is 0. The monoisotopic (exact) mass is 172 g/mol. The van der Waals surface area contributed by atoms with Gasteiger partial charge in [0.25, 0.3) is 5.91 Å². The molecule has 4 nitrogen and oxygen atoms in total. The molecule has 0 aliphatic carbocycles. The second-order valence-electron chi connectivity index (χ2n) is 3.11. The van der Waals surface area contributed by atoms with Gasteiger partial charge in [-0.2, -0.15) is 0 Å². The molecule has 0 spiro atoms. The Balaban J connectivity index is 2.32. The van der Waals surface area contributed by atoms with Gasteiger partial charge >= 0.3 is 0 Å². The second-order valence-corrected chi connectivity index (χ2v) is 3.11. The number of hydrogen-bond donors (Lipinski definition) is 1. The van der Waals surface area contributed by atoms with Crippen molar-refractivity contribution in [1.82, 2.24) is 4.90 Å². The van der Waals surface area contributed by atoms with E-state index in [9.17, 15) is 4.79 Å². The highest BCUT2D eigenvalue weighted by Gasteiger charge is 2.14. The largest absolute Gasteiger partial charge is 0.341 e. The maximum Gasteiger partial charge on any atom is 0.250 e. The Kier molecular flexibility index (Phi) is 4.04. The molecule has 1 heterocycles. The summed E-state index contributed by atoms with van der Waals surface area (Å²) in [6.45, 7) is 1.74. The quantitative estimate of drug-likeness (QED) is 0.609. The molecule has 0 aromatic carbocycles. The summed E-state index contributed by atoms with van der Waals surface area (Å²) in [5, 5.41) is 0. The van der Waals surface area contributed by atoms with Gasteiger partial charge in [0.15, 0.2) is 0 Å². The maximum absolute atomic E-state index is 11.3. The molecule has 1 rings (SSSR count). The van der Waals surface area contributed by atoms with Crippen LogP contribution in [0.15, 0.2) is 0 Å². The highest BCUT2D eigenvalue weighted by molar-refractivity contribution is 5.77. The van der Waals surface area contributed by atoms with Crippen molar-refractivity contribution in [2.24, 2.45) is 5.90 Å². The smallest absolute Gasteiger partial charge is 0.250 e. The molecular formula is C8H16N2O2. The van der Waals surface area contributed by atoms with Crippen LogP contribution in [-0.2, 0) is 9.63 Å². The summed E-state index contributed by atoms with van der Waals surface area (Å²) < 4.78 is 0. The zero-order valence-electron chi connectivity index (χ0n) is 7.29. The molecule has 1 amide bonds. The Morgan fingerprint density at radius 1 is 1.25 bits per heavy atom. The molecule has 1 saturated heterocycles. The van der Waals surface area contributed by atoms with E-state index in [1.807, 2.05) is 4.90 Å². The van der Waals surface area contributed by atoms with Crippen LogP contribution in [0.5, 0.6) is 0 Å². The van der Waals surface area contributed by atoms with E-state index in [4.69, 9.17) is 5.90 Å². The first-order valence-electron chi connectivity index (χ1n) is 4.44. The van der Waals surface area contributed by atoms with Gasteiger partial charge in [0.1, 0.15) is 6.61 Å². The third-order valence-electron chi connectivity index (χ3n) is 2.17. The number of carbonyl (C=O) groups is 1. The number of nitrogens with zero attached hydrogens (tertiary/aromatic N) is 1. The van der Waals surface area contributed by atoms with E-state index in [1.54, 1.807) is 0 Å². The van der Waals surface area contributed by atoms with Crippen molar-refractivity contribution in [3.05, 3.63) is 0 Å². The van der Waals surface area contributed by atoms with Gasteiger partial charge in [-0.15, -0.1) is 0 Å². The first-order valence-corrected chi connectivity index (χ1v) is 4.44. The Morgan fingerprint density at radius 2 is 1.83 bits per heavy atom. The summed E-state index contributed by atoms with van der Waals surface area (Å²) in [6, 6.07) is 0. The van der Waals surface area contributed by atoms with Crippen LogP contribution in [0.1, 0.15) is 25.7 Å². The fraction of sp³-hybridized carbons (Fsp3) is 0.875. The molecular weight excluding hydrogens is 156 g/mol. The lowest BCUT2D eigenvalue weighted by Gasteiger charge is -2.19. The molecule has 1 aliphatic heterocycles. The van der Waals surface area contributed by atoms with Gasteiger partial charge < -0.3 is 4.90 Å². The van der Waals surface area contributed by atoms with E-state index in [2.05, 4.69) is 4.84 Å². The summed E-state index contributed by atoms with van der Waals surface area (Å²) in [5.41, 5.74) is 0. The van der Waals surface area contributed by atoms with Crippen LogP contribution in [-0.4, -0.2) is 30.5 Å². The molecule has 1 aliphatic rings. The average molecular weight is 172 g/mol. The van der Waals surface area contributed by atoms with Gasteiger partial charge in [0, 0.05) is 13.1 Å². The topological polar surface area (TPSA) is 55.6 Å². The highest BCUT2D eigenvalue weighted by atomic mass is 16.6. The van der Waals surface area contributed by atoms with Crippen molar-refractivity contribution < 1.29 is 9.63 Å². The van der Waals surface area contributed by atoms with E-state index in [1.165, 1.54) is 12.8 Å². The standard InChI is InChI=1S/C8H16N2O2/c9-12-7-8(11)10-5-3-1-2-4-6-10/h1-7,9H2. The zero-order valence-corrected chi connectivity index (χ0v) is 7.29. The second kappa shape index (κ2) is 5.11. The van der Waals surface area contributed by atoms with Crippen LogP contribution < -0.4 is 5.90 Å².